The summed E-state index contributed by atoms with van der Waals surface area (Å²) in [6.07, 6.45) is 0.188. The van der Waals surface area contributed by atoms with Crippen molar-refractivity contribution in [2.45, 2.75) is 20.0 Å². The molecule has 0 radical (unpaired) electrons. The smallest absolute Gasteiger partial charge is 0.263 e. The van der Waals surface area contributed by atoms with E-state index in [1.165, 1.54) is 9.87 Å². The van der Waals surface area contributed by atoms with Crippen LogP contribution in [0, 0.1) is 13.8 Å². The van der Waals surface area contributed by atoms with E-state index in [0.717, 1.165) is 17.6 Å². The Morgan fingerprint density at radius 3 is 2.68 bits per heavy atom. The maximum Gasteiger partial charge on any atom is 0.263 e. The van der Waals surface area contributed by atoms with Crippen LogP contribution in [0.25, 0.3) is 0 Å². The first-order valence-corrected chi connectivity index (χ1v) is 10.8. The number of nitrogens with one attached hydrogen (secondary N) is 1. The monoisotopic (exact) mass is 404 g/mol. The molecule has 28 heavy (non-hydrogen) atoms. The van der Waals surface area contributed by atoms with Gasteiger partial charge in [0.1, 0.15) is 18.1 Å². The average Bonchev–Trinajstić information content (AvgIpc) is 2.66. The van der Waals surface area contributed by atoms with Gasteiger partial charge >= 0.3 is 0 Å². The second-order valence-corrected chi connectivity index (χ2v) is 8.66. The zero-order chi connectivity index (χ0) is 20.3. The first-order valence-electron chi connectivity index (χ1n) is 8.97. The van der Waals surface area contributed by atoms with Gasteiger partial charge in [0.2, 0.25) is 10.0 Å². The van der Waals surface area contributed by atoms with Gasteiger partial charge in [-0.25, -0.2) is 8.42 Å². The van der Waals surface area contributed by atoms with Crippen LogP contribution in [0.2, 0.25) is 0 Å². The lowest BCUT2D eigenvalue weighted by Gasteiger charge is -2.33. The highest BCUT2D eigenvalue weighted by atomic mass is 32.2. The largest absolute Gasteiger partial charge is 0.492 e. The number of carbonyl (C=O) groups excluding carboxylic acids is 1. The average molecular weight is 404 g/mol. The molecule has 1 aliphatic heterocycles. The Balaban J connectivity index is 1.58. The minimum Gasteiger partial charge on any atom is -0.492 e. The van der Waals surface area contributed by atoms with Crippen LogP contribution in [0.15, 0.2) is 42.5 Å². The maximum absolute atomic E-state index is 12.5. The molecular weight excluding hydrogens is 380 g/mol. The molecule has 0 aliphatic carbocycles. The normalized spacial score (nSPS) is 16.1. The van der Waals surface area contributed by atoms with Gasteiger partial charge in [0, 0.05) is 0 Å². The number of carbonyl (C=O) groups is 1. The fourth-order valence-corrected chi connectivity index (χ4v) is 3.83. The van der Waals surface area contributed by atoms with Crippen LogP contribution in [0.3, 0.4) is 0 Å². The van der Waals surface area contributed by atoms with E-state index in [0.29, 0.717) is 18.0 Å². The van der Waals surface area contributed by atoms with Crippen molar-refractivity contribution < 1.29 is 22.7 Å². The third-order valence-electron chi connectivity index (χ3n) is 4.58. The molecule has 2 aromatic rings. The van der Waals surface area contributed by atoms with E-state index in [-0.39, 0.29) is 19.0 Å². The molecule has 0 saturated heterocycles. The Bertz CT molecular complexity index is 974. The number of aryl methyl sites for hydroxylation is 2. The van der Waals surface area contributed by atoms with Gasteiger partial charge in [0.15, 0.2) is 6.10 Å². The molecular formula is C20H24N2O5S. The van der Waals surface area contributed by atoms with Crippen LogP contribution in [-0.4, -0.2) is 46.4 Å². The number of benzene rings is 2. The first kappa shape index (κ1) is 20.0. The molecule has 150 valence electrons. The van der Waals surface area contributed by atoms with Crippen LogP contribution in [0.4, 0.5) is 5.69 Å². The van der Waals surface area contributed by atoms with Crippen molar-refractivity contribution in [3.63, 3.8) is 0 Å². The Labute approximate surface area is 165 Å². The highest BCUT2D eigenvalue weighted by Gasteiger charge is 2.34. The molecule has 1 amide bonds. The fourth-order valence-electron chi connectivity index (χ4n) is 2.91. The molecule has 1 heterocycles. The summed E-state index contributed by atoms with van der Waals surface area (Å²) >= 11 is 0. The van der Waals surface area contributed by atoms with Gasteiger partial charge < -0.3 is 14.8 Å². The molecule has 1 atom stereocenters. The number of sulfonamides is 1. The minimum atomic E-state index is -3.53. The predicted octanol–water partition coefficient (Wildman–Crippen LogP) is 2.03. The van der Waals surface area contributed by atoms with Crippen molar-refractivity contribution >= 4 is 21.6 Å². The van der Waals surface area contributed by atoms with E-state index in [2.05, 4.69) is 5.32 Å². The summed E-state index contributed by atoms with van der Waals surface area (Å²) in [6, 6.07) is 12.6. The molecule has 1 N–H and O–H groups in total. The van der Waals surface area contributed by atoms with Crippen molar-refractivity contribution in [3.05, 3.63) is 53.6 Å². The minimum absolute atomic E-state index is 0.0697. The molecule has 0 bridgehead atoms. The van der Waals surface area contributed by atoms with Crippen LogP contribution >= 0.6 is 0 Å². The number of anilines is 1. The summed E-state index contributed by atoms with van der Waals surface area (Å²) in [7, 11) is -3.53. The zero-order valence-electron chi connectivity index (χ0n) is 16.1. The number of hydrogen-bond acceptors (Lipinski definition) is 5. The van der Waals surface area contributed by atoms with Gasteiger partial charge in [-0.15, -0.1) is 0 Å². The molecule has 0 unspecified atom stereocenters. The number of fused-ring (bicyclic) bond motifs is 1. The van der Waals surface area contributed by atoms with E-state index in [9.17, 15) is 13.2 Å². The highest BCUT2D eigenvalue weighted by Crippen LogP contribution is 2.34. The summed E-state index contributed by atoms with van der Waals surface area (Å²) in [5.74, 6) is 0.723. The van der Waals surface area contributed by atoms with Crippen LogP contribution in [0.1, 0.15) is 11.1 Å². The maximum atomic E-state index is 12.5. The molecule has 3 rings (SSSR count). The van der Waals surface area contributed by atoms with Crippen molar-refractivity contribution in [3.8, 4) is 11.5 Å². The van der Waals surface area contributed by atoms with E-state index in [1.807, 2.05) is 32.0 Å². The van der Waals surface area contributed by atoms with Crippen molar-refractivity contribution in [1.29, 1.82) is 0 Å². The molecule has 0 fully saturated rings. The number of nitrogens with zero attached hydrogens (tertiary/aromatic N) is 1. The van der Waals surface area contributed by atoms with Gasteiger partial charge in [0.05, 0.1) is 25.0 Å². The molecule has 0 aromatic heterocycles. The van der Waals surface area contributed by atoms with Crippen molar-refractivity contribution in [2.24, 2.45) is 0 Å². The van der Waals surface area contributed by atoms with Gasteiger partial charge in [-0.05, 0) is 49.2 Å². The molecule has 0 spiro atoms. The van der Waals surface area contributed by atoms with Gasteiger partial charge in [0.25, 0.3) is 5.91 Å². The lowest BCUT2D eigenvalue weighted by atomic mass is 10.1. The van der Waals surface area contributed by atoms with E-state index < -0.39 is 16.1 Å². The van der Waals surface area contributed by atoms with E-state index in [4.69, 9.17) is 9.47 Å². The fraction of sp³-hybridized carbons (Fsp3) is 0.350. The summed E-state index contributed by atoms with van der Waals surface area (Å²) in [5.41, 5.74) is 2.76. The Morgan fingerprint density at radius 2 is 1.96 bits per heavy atom. The second-order valence-electron chi connectivity index (χ2n) is 6.75. The SMILES string of the molecule is Cc1ccc(OCCNC(=O)[C@@H]2CN(S(C)(=O)=O)c3ccccc3O2)cc1C. The van der Waals surface area contributed by atoms with Crippen LogP contribution in [-0.2, 0) is 14.8 Å². The number of hydrogen-bond donors (Lipinski definition) is 1. The Hall–Kier alpha value is -2.74. The van der Waals surface area contributed by atoms with Crippen molar-refractivity contribution in [1.82, 2.24) is 5.32 Å². The van der Waals surface area contributed by atoms with E-state index >= 15 is 0 Å². The lowest BCUT2D eigenvalue weighted by molar-refractivity contribution is -0.127. The van der Waals surface area contributed by atoms with Gasteiger partial charge in [-0.1, -0.05) is 18.2 Å². The molecule has 0 saturated carbocycles. The summed E-state index contributed by atoms with van der Waals surface area (Å²) in [4.78, 5) is 12.5. The van der Waals surface area contributed by atoms with Crippen LogP contribution in [0.5, 0.6) is 11.5 Å². The summed E-state index contributed by atoms with van der Waals surface area (Å²) in [6.45, 7) is 4.55. The number of amides is 1. The summed E-state index contributed by atoms with van der Waals surface area (Å²) < 4.78 is 36.8. The summed E-state index contributed by atoms with van der Waals surface area (Å²) in [5, 5.41) is 2.74. The standard InChI is InChI=1S/C20H24N2O5S/c1-14-8-9-16(12-15(14)2)26-11-10-21-20(23)19-13-22(28(3,24)25)17-6-4-5-7-18(17)27-19/h4-9,12,19H,10-11,13H2,1-3H3,(H,21,23)/t19-/m0/s1. The predicted molar refractivity (Wildman–Crippen MR) is 107 cm³/mol. The Kier molecular flexibility index (Phi) is 5.79. The van der Waals surface area contributed by atoms with Crippen molar-refractivity contribution in [2.75, 3.05) is 30.3 Å². The molecule has 2 aromatic carbocycles. The quantitative estimate of drug-likeness (QED) is 0.745. The number of para-hydroxylation sites is 2. The second kappa shape index (κ2) is 8.10. The van der Waals surface area contributed by atoms with E-state index in [1.54, 1.807) is 24.3 Å². The number of ether oxygens (including phenoxy) is 2. The topological polar surface area (TPSA) is 84.9 Å². The molecule has 1 aliphatic rings. The molecule has 7 nitrogen and oxygen atoms in total. The van der Waals surface area contributed by atoms with Crippen LogP contribution < -0.4 is 19.1 Å². The van der Waals surface area contributed by atoms with Gasteiger partial charge in [-0.3, -0.25) is 9.10 Å². The lowest BCUT2D eigenvalue weighted by Crippen LogP contribution is -2.51. The number of rotatable bonds is 6. The first-order chi connectivity index (χ1) is 13.3. The molecule has 8 heteroatoms. The Morgan fingerprint density at radius 1 is 1.21 bits per heavy atom. The zero-order valence-corrected chi connectivity index (χ0v) is 17.0. The highest BCUT2D eigenvalue weighted by molar-refractivity contribution is 7.92. The third-order valence-corrected chi connectivity index (χ3v) is 5.72. The van der Waals surface area contributed by atoms with Gasteiger partial charge in [-0.2, -0.15) is 0 Å². The third kappa shape index (κ3) is 4.56.